The molecule has 2 rings (SSSR count). The van der Waals surface area contributed by atoms with E-state index in [1.54, 1.807) is 0 Å². The molecule has 1 saturated heterocycles. The Morgan fingerprint density at radius 1 is 1.30 bits per heavy atom. The molecule has 0 spiro atoms. The molecule has 0 aliphatic carbocycles. The van der Waals surface area contributed by atoms with Crippen LogP contribution in [0.3, 0.4) is 0 Å². The SMILES string of the molecule is COC(=O)C(C)(C)c1ccc(NC(=O)CCC2CCNC2)cc1. The number of esters is 1. The lowest BCUT2D eigenvalue weighted by atomic mass is 9.85. The average molecular weight is 318 g/mol. The van der Waals surface area contributed by atoms with Crippen molar-refractivity contribution >= 4 is 17.6 Å². The zero-order chi connectivity index (χ0) is 16.9. The van der Waals surface area contributed by atoms with Crippen molar-refractivity contribution in [2.75, 3.05) is 25.5 Å². The van der Waals surface area contributed by atoms with Gasteiger partial charge in [-0.1, -0.05) is 12.1 Å². The van der Waals surface area contributed by atoms with E-state index < -0.39 is 5.41 Å². The van der Waals surface area contributed by atoms with Gasteiger partial charge in [-0.15, -0.1) is 0 Å². The molecule has 5 heteroatoms. The van der Waals surface area contributed by atoms with Gasteiger partial charge in [-0.25, -0.2) is 0 Å². The van der Waals surface area contributed by atoms with Gasteiger partial charge < -0.3 is 15.4 Å². The van der Waals surface area contributed by atoms with Crippen LogP contribution in [0.25, 0.3) is 0 Å². The van der Waals surface area contributed by atoms with Crippen molar-refractivity contribution < 1.29 is 14.3 Å². The van der Waals surface area contributed by atoms with Crippen LogP contribution in [0, 0.1) is 5.92 Å². The molecular weight excluding hydrogens is 292 g/mol. The fourth-order valence-electron chi connectivity index (χ4n) is 2.86. The highest BCUT2D eigenvalue weighted by atomic mass is 16.5. The van der Waals surface area contributed by atoms with E-state index in [4.69, 9.17) is 4.74 Å². The second-order valence-corrected chi connectivity index (χ2v) is 6.64. The lowest BCUT2D eigenvalue weighted by Gasteiger charge is -2.22. The van der Waals surface area contributed by atoms with Crippen molar-refractivity contribution in [3.8, 4) is 0 Å². The maximum atomic E-state index is 12.0. The van der Waals surface area contributed by atoms with Crippen LogP contribution in [0.5, 0.6) is 0 Å². The largest absolute Gasteiger partial charge is 0.468 e. The van der Waals surface area contributed by atoms with E-state index in [1.165, 1.54) is 7.11 Å². The van der Waals surface area contributed by atoms with Gasteiger partial charge in [0.15, 0.2) is 0 Å². The number of hydrogen-bond acceptors (Lipinski definition) is 4. The molecule has 5 nitrogen and oxygen atoms in total. The Morgan fingerprint density at radius 3 is 2.57 bits per heavy atom. The third kappa shape index (κ3) is 4.55. The van der Waals surface area contributed by atoms with Gasteiger partial charge in [0.05, 0.1) is 12.5 Å². The zero-order valence-electron chi connectivity index (χ0n) is 14.1. The second kappa shape index (κ2) is 7.59. The minimum atomic E-state index is -0.702. The zero-order valence-corrected chi connectivity index (χ0v) is 14.1. The number of nitrogens with one attached hydrogen (secondary N) is 2. The molecule has 1 unspecified atom stereocenters. The lowest BCUT2D eigenvalue weighted by molar-refractivity contribution is -0.146. The standard InChI is InChI=1S/C18H26N2O3/c1-18(2,17(22)23-3)14-5-7-15(8-6-14)20-16(21)9-4-13-10-11-19-12-13/h5-8,13,19H,4,9-12H2,1-3H3,(H,20,21). The molecule has 1 aliphatic heterocycles. The van der Waals surface area contributed by atoms with Gasteiger partial charge in [-0.05, 0) is 63.4 Å². The molecule has 1 fully saturated rings. The summed E-state index contributed by atoms with van der Waals surface area (Å²) in [7, 11) is 1.39. The Balaban J connectivity index is 1.89. The van der Waals surface area contributed by atoms with Crippen molar-refractivity contribution in [2.45, 2.75) is 38.5 Å². The number of ether oxygens (including phenoxy) is 1. The maximum absolute atomic E-state index is 12.0. The van der Waals surface area contributed by atoms with E-state index in [2.05, 4.69) is 10.6 Å². The van der Waals surface area contributed by atoms with Gasteiger partial charge in [0.1, 0.15) is 0 Å². The van der Waals surface area contributed by atoms with Crippen LogP contribution in [0.4, 0.5) is 5.69 Å². The van der Waals surface area contributed by atoms with Crippen LogP contribution in [0.15, 0.2) is 24.3 Å². The molecule has 23 heavy (non-hydrogen) atoms. The summed E-state index contributed by atoms with van der Waals surface area (Å²) in [6, 6.07) is 7.37. The molecule has 0 aromatic heterocycles. The second-order valence-electron chi connectivity index (χ2n) is 6.64. The number of amides is 1. The fourth-order valence-corrected chi connectivity index (χ4v) is 2.86. The third-order valence-corrected chi connectivity index (χ3v) is 4.53. The smallest absolute Gasteiger partial charge is 0.315 e. The van der Waals surface area contributed by atoms with Crippen LogP contribution >= 0.6 is 0 Å². The number of carbonyl (C=O) groups is 2. The number of hydrogen-bond donors (Lipinski definition) is 2. The molecule has 1 aliphatic rings. The first-order valence-corrected chi connectivity index (χ1v) is 8.13. The number of benzene rings is 1. The minimum Gasteiger partial charge on any atom is -0.468 e. The van der Waals surface area contributed by atoms with Crippen LogP contribution < -0.4 is 10.6 Å². The van der Waals surface area contributed by atoms with Crippen LogP contribution in [0.1, 0.15) is 38.7 Å². The first-order chi connectivity index (χ1) is 10.9. The van der Waals surface area contributed by atoms with E-state index in [0.717, 1.165) is 37.2 Å². The number of methoxy groups -OCH3 is 1. The Hall–Kier alpha value is -1.88. The molecular formula is C18H26N2O3. The summed E-state index contributed by atoms with van der Waals surface area (Å²) >= 11 is 0. The number of carbonyl (C=O) groups excluding carboxylic acids is 2. The summed E-state index contributed by atoms with van der Waals surface area (Å²) in [6.07, 6.45) is 2.62. The molecule has 0 saturated carbocycles. The molecule has 2 N–H and O–H groups in total. The van der Waals surface area contributed by atoms with Crippen molar-refractivity contribution in [3.05, 3.63) is 29.8 Å². The van der Waals surface area contributed by atoms with E-state index in [9.17, 15) is 9.59 Å². The summed E-state index contributed by atoms with van der Waals surface area (Å²) in [5.74, 6) is 0.375. The summed E-state index contributed by atoms with van der Waals surface area (Å²) < 4.78 is 4.83. The number of anilines is 1. The third-order valence-electron chi connectivity index (χ3n) is 4.53. The van der Waals surface area contributed by atoms with Gasteiger partial charge in [-0.2, -0.15) is 0 Å². The average Bonchev–Trinajstić information content (AvgIpc) is 3.06. The predicted octanol–water partition coefficient (Wildman–Crippen LogP) is 2.47. The molecule has 126 valence electrons. The van der Waals surface area contributed by atoms with E-state index in [0.29, 0.717) is 12.3 Å². The summed E-state index contributed by atoms with van der Waals surface area (Å²) in [5.41, 5.74) is 0.913. The highest BCUT2D eigenvalue weighted by Crippen LogP contribution is 2.26. The highest BCUT2D eigenvalue weighted by molar-refractivity contribution is 5.90. The summed E-state index contributed by atoms with van der Waals surface area (Å²) in [5, 5.41) is 6.22. The molecule has 0 radical (unpaired) electrons. The van der Waals surface area contributed by atoms with Crippen LogP contribution in [-0.2, 0) is 19.7 Å². The molecule has 1 aromatic carbocycles. The maximum Gasteiger partial charge on any atom is 0.315 e. The van der Waals surface area contributed by atoms with E-state index >= 15 is 0 Å². The number of rotatable bonds is 6. The molecule has 1 atom stereocenters. The molecule has 1 heterocycles. The first-order valence-electron chi connectivity index (χ1n) is 8.13. The first kappa shape index (κ1) is 17.5. The highest BCUT2D eigenvalue weighted by Gasteiger charge is 2.30. The fraction of sp³-hybridized carbons (Fsp3) is 0.556. The normalized spacial score (nSPS) is 17.8. The van der Waals surface area contributed by atoms with Crippen molar-refractivity contribution in [1.82, 2.24) is 5.32 Å². The summed E-state index contributed by atoms with van der Waals surface area (Å²) in [4.78, 5) is 23.8. The van der Waals surface area contributed by atoms with E-state index in [1.807, 2.05) is 38.1 Å². The van der Waals surface area contributed by atoms with Gasteiger partial charge in [0, 0.05) is 12.1 Å². The Labute approximate surface area is 137 Å². The summed E-state index contributed by atoms with van der Waals surface area (Å²) in [6.45, 7) is 5.72. The Morgan fingerprint density at radius 2 is 2.00 bits per heavy atom. The lowest BCUT2D eigenvalue weighted by Crippen LogP contribution is -2.30. The quantitative estimate of drug-likeness (QED) is 0.791. The van der Waals surface area contributed by atoms with Gasteiger partial charge in [-0.3, -0.25) is 9.59 Å². The van der Waals surface area contributed by atoms with Crippen LogP contribution in [0.2, 0.25) is 0 Å². The van der Waals surface area contributed by atoms with Crippen LogP contribution in [-0.4, -0.2) is 32.1 Å². The minimum absolute atomic E-state index is 0.0388. The van der Waals surface area contributed by atoms with Crippen molar-refractivity contribution in [3.63, 3.8) is 0 Å². The van der Waals surface area contributed by atoms with Crippen molar-refractivity contribution in [1.29, 1.82) is 0 Å². The predicted molar refractivity (Wildman–Crippen MR) is 90.3 cm³/mol. The van der Waals surface area contributed by atoms with Gasteiger partial charge >= 0.3 is 5.97 Å². The van der Waals surface area contributed by atoms with Gasteiger partial charge in [0.2, 0.25) is 5.91 Å². The van der Waals surface area contributed by atoms with E-state index in [-0.39, 0.29) is 11.9 Å². The Bertz CT molecular complexity index is 546. The molecule has 0 bridgehead atoms. The van der Waals surface area contributed by atoms with Gasteiger partial charge in [0.25, 0.3) is 0 Å². The Kier molecular flexibility index (Phi) is 5.77. The van der Waals surface area contributed by atoms with Crippen molar-refractivity contribution in [2.24, 2.45) is 5.92 Å². The molecule has 1 aromatic rings. The monoisotopic (exact) mass is 318 g/mol. The molecule has 1 amide bonds. The topological polar surface area (TPSA) is 67.4 Å².